The second kappa shape index (κ2) is 7.55. The summed E-state index contributed by atoms with van der Waals surface area (Å²) in [6.45, 7) is 5.41. The summed E-state index contributed by atoms with van der Waals surface area (Å²) in [7, 11) is 4.14. The molecule has 2 nitrogen and oxygen atoms in total. The lowest BCUT2D eigenvalue weighted by Gasteiger charge is -2.33. The lowest BCUT2D eigenvalue weighted by Crippen LogP contribution is -2.28. The predicted molar refractivity (Wildman–Crippen MR) is 98.3 cm³/mol. The summed E-state index contributed by atoms with van der Waals surface area (Å²) in [5, 5.41) is 0.781. The van der Waals surface area contributed by atoms with Crippen molar-refractivity contribution in [2.24, 2.45) is 0 Å². The van der Waals surface area contributed by atoms with Gasteiger partial charge in [-0.25, -0.2) is 0 Å². The van der Waals surface area contributed by atoms with Crippen LogP contribution >= 0.6 is 11.6 Å². The van der Waals surface area contributed by atoms with Crippen LogP contribution in [-0.4, -0.2) is 20.6 Å². The van der Waals surface area contributed by atoms with E-state index in [1.165, 1.54) is 16.9 Å². The molecular weight excluding hydrogens is 292 g/mol. The van der Waals surface area contributed by atoms with E-state index >= 15 is 0 Å². The van der Waals surface area contributed by atoms with E-state index in [0.717, 1.165) is 18.0 Å². The first-order valence-corrected chi connectivity index (χ1v) is 8.24. The molecule has 0 saturated carbocycles. The molecule has 0 unspecified atom stereocenters. The van der Waals surface area contributed by atoms with Crippen molar-refractivity contribution < 1.29 is 0 Å². The Kier molecular flexibility index (Phi) is 5.73. The molecule has 0 aliphatic carbocycles. The summed E-state index contributed by atoms with van der Waals surface area (Å²) in [5.74, 6) is 0. The Labute approximate surface area is 139 Å². The third-order valence-corrected chi connectivity index (χ3v) is 4.31. The number of hydrogen-bond donors (Lipinski definition) is 0. The zero-order valence-corrected chi connectivity index (χ0v) is 14.6. The van der Waals surface area contributed by atoms with Crippen molar-refractivity contribution in [3.05, 3.63) is 59.1 Å². The minimum Gasteiger partial charge on any atom is -0.378 e. The maximum atomic E-state index is 6.01. The SMILES string of the molecule is CC[C@H](c1ccc(N(C)C)cc1)N(CC)c1ccc(Cl)cc1. The molecule has 1 atom stereocenters. The third-order valence-electron chi connectivity index (χ3n) is 4.06. The first-order valence-electron chi connectivity index (χ1n) is 7.86. The van der Waals surface area contributed by atoms with E-state index in [0.29, 0.717) is 6.04 Å². The molecule has 118 valence electrons. The molecule has 0 heterocycles. The van der Waals surface area contributed by atoms with Crippen LogP contribution in [0, 0.1) is 0 Å². The van der Waals surface area contributed by atoms with Gasteiger partial charge in [-0.3, -0.25) is 0 Å². The van der Waals surface area contributed by atoms with Crippen LogP contribution in [0.4, 0.5) is 11.4 Å². The normalized spacial score (nSPS) is 12.0. The van der Waals surface area contributed by atoms with Crippen molar-refractivity contribution in [2.45, 2.75) is 26.3 Å². The fraction of sp³-hybridized carbons (Fsp3) is 0.368. The van der Waals surface area contributed by atoms with E-state index in [1.54, 1.807) is 0 Å². The van der Waals surface area contributed by atoms with Gasteiger partial charge in [0.15, 0.2) is 0 Å². The number of hydrogen-bond acceptors (Lipinski definition) is 2. The van der Waals surface area contributed by atoms with Gasteiger partial charge in [-0.2, -0.15) is 0 Å². The smallest absolute Gasteiger partial charge is 0.0539 e. The lowest BCUT2D eigenvalue weighted by molar-refractivity contribution is 0.615. The van der Waals surface area contributed by atoms with Gasteiger partial charge < -0.3 is 9.80 Å². The van der Waals surface area contributed by atoms with E-state index in [1.807, 2.05) is 12.1 Å². The van der Waals surface area contributed by atoms with Gasteiger partial charge >= 0.3 is 0 Å². The molecule has 0 amide bonds. The van der Waals surface area contributed by atoms with Crippen LogP contribution in [0.15, 0.2) is 48.5 Å². The summed E-state index contributed by atoms with van der Waals surface area (Å²) in [4.78, 5) is 4.56. The van der Waals surface area contributed by atoms with Gasteiger partial charge in [-0.15, -0.1) is 0 Å². The first kappa shape index (κ1) is 16.7. The van der Waals surface area contributed by atoms with E-state index in [2.05, 4.69) is 74.1 Å². The van der Waals surface area contributed by atoms with Gasteiger partial charge in [0, 0.05) is 37.0 Å². The molecule has 0 aromatic heterocycles. The Balaban J connectivity index is 2.29. The predicted octanol–water partition coefficient (Wildman–Crippen LogP) is 5.38. The van der Waals surface area contributed by atoms with Crippen LogP contribution in [0.3, 0.4) is 0 Å². The highest BCUT2D eigenvalue weighted by molar-refractivity contribution is 6.30. The van der Waals surface area contributed by atoms with E-state index in [4.69, 9.17) is 11.6 Å². The van der Waals surface area contributed by atoms with E-state index in [9.17, 15) is 0 Å². The van der Waals surface area contributed by atoms with Crippen LogP contribution < -0.4 is 9.80 Å². The second-order valence-electron chi connectivity index (χ2n) is 5.67. The van der Waals surface area contributed by atoms with Gasteiger partial charge in [0.05, 0.1) is 6.04 Å². The van der Waals surface area contributed by atoms with Gasteiger partial charge in [-0.05, 0) is 55.3 Å². The lowest BCUT2D eigenvalue weighted by atomic mass is 10.0. The van der Waals surface area contributed by atoms with Crippen LogP contribution in [0.1, 0.15) is 31.9 Å². The Bertz CT molecular complexity index is 575. The molecule has 22 heavy (non-hydrogen) atoms. The molecule has 2 rings (SSSR count). The largest absolute Gasteiger partial charge is 0.378 e. The van der Waals surface area contributed by atoms with Crippen LogP contribution in [0.5, 0.6) is 0 Å². The van der Waals surface area contributed by atoms with Gasteiger partial charge in [0.2, 0.25) is 0 Å². The molecule has 0 radical (unpaired) electrons. The molecule has 0 N–H and O–H groups in total. The third kappa shape index (κ3) is 3.75. The molecule has 3 heteroatoms. The number of halogens is 1. The Morgan fingerprint density at radius 2 is 1.41 bits per heavy atom. The summed E-state index contributed by atoms with van der Waals surface area (Å²) < 4.78 is 0. The van der Waals surface area contributed by atoms with E-state index < -0.39 is 0 Å². The van der Waals surface area contributed by atoms with Crippen molar-refractivity contribution in [1.82, 2.24) is 0 Å². The number of rotatable bonds is 6. The molecule has 0 bridgehead atoms. The van der Waals surface area contributed by atoms with Crippen molar-refractivity contribution >= 4 is 23.0 Å². The standard InChI is InChI=1S/C19H25ClN2/c1-5-19(15-7-11-17(12-8-15)21(3)4)22(6-2)18-13-9-16(20)10-14-18/h7-14,19H,5-6H2,1-4H3/t19-/m1/s1. The Hall–Kier alpha value is -1.67. The van der Waals surface area contributed by atoms with Crippen molar-refractivity contribution in [3.63, 3.8) is 0 Å². The maximum absolute atomic E-state index is 6.01. The quantitative estimate of drug-likeness (QED) is 0.705. The van der Waals surface area contributed by atoms with Crippen molar-refractivity contribution in [2.75, 3.05) is 30.4 Å². The molecule has 0 saturated heterocycles. The minimum absolute atomic E-state index is 0.377. The van der Waals surface area contributed by atoms with Crippen LogP contribution in [0.2, 0.25) is 5.02 Å². The summed E-state index contributed by atoms with van der Waals surface area (Å²) in [6, 6.07) is 17.3. The average molecular weight is 317 g/mol. The second-order valence-corrected chi connectivity index (χ2v) is 6.11. The highest BCUT2D eigenvalue weighted by atomic mass is 35.5. The van der Waals surface area contributed by atoms with Crippen molar-refractivity contribution in [1.29, 1.82) is 0 Å². The van der Waals surface area contributed by atoms with Gasteiger partial charge in [0.1, 0.15) is 0 Å². The zero-order valence-electron chi connectivity index (χ0n) is 13.9. The molecule has 2 aromatic carbocycles. The fourth-order valence-electron chi connectivity index (χ4n) is 2.85. The Morgan fingerprint density at radius 3 is 1.86 bits per heavy atom. The number of benzene rings is 2. The van der Waals surface area contributed by atoms with Crippen LogP contribution in [-0.2, 0) is 0 Å². The van der Waals surface area contributed by atoms with E-state index in [-0.39, 0.29) is 0 Å². The molecule has 0 fully saturated rings. The highest BCUT2D eigenvalue weighted by Crippen LogP contribution is 2.31. The Morgan fingerprint density at radius 1 is 0.864 bits per heavy atom. The highest BCUT2D eigenvalue weighted by Gasteiger charge is 2.18. The molecule has 0 aliphatic heterocycles. The molecule has 0 spiro atoms. The molecule has 2 aromatic rings. The topological polar surface area (TPSA) is 6.48 Å². The maximum Gasteiger partial charge on any atom is 0.0539 e. The average Bonchev–Trinajstić information content (AvgIpc) is 2.53. The summed E-state index contributed by atoms with van der Waals surface area (Å²) in [5.41, 5.74) is 3.80. The van der Waals surface area contributed by atoms with Crippen LogP contribution in [0.25, 0.3) is 0 Å². The van der Waals surface area contributed by atoms with Gasteiger partial charge in [0.25, 0.3) is 0 Å². The molecule has 0 aliphatic rings. The number of anilines is 2. The summed E-state index contributed by atoms with van der Waals surface area (Å²) in [6.07, 6.45) is 1.07. The number of nitrogens with zero attached hydrogens (tertiary/aromatic N) is 2. The van der Waals surface area contributed by atoms with Crippen molar-refractivity contribution in [3.8, 4) is 0 Å². The monoisotopic (exact) mass is 316 g/mol. The fourth-order valence-corrected chi connectivity index (χ4v) is 2.97. The van der Waals surface area contributed by atoms with Gasteiger partial charge in [-0.1, -0.05) is 30.7 Å². The molecular formula is C19H25ClN2. The minimum atomic E-state index is 0.377. The first-order chi connectivity index (χ1) is 10.6. The zero-order chi connectivity index (χ0) is 16.1. The summed E-state index contributed by atoms with van der Waals surface area (Å²) >= 11 is 6.01.